The Bertz CT molecular complexity index is 1300. The quantitative estimate of drug-likeness (QED) is 0.100. The van der Waals surface area contributed by atoms with Gasteiger partial charge in [-0.1, -0.05) is 75.1 Å². The topological polar surface area (TPSA) is 82.1 Å². The van der Waals surface area contributed by atoms with Gasteiger partial charge in [0.25, 0.3) is 0 Å². The third kappa shape index (κ3) is 9.66. The summed E-state index contributed by atoms with van der Waals surface area (Å²) in [5, 5.41) is 10.3. The molecule has 0 heterocycles. The summed E-state index contributed by atoms with van der Waals surface area (Å²) in [5.41, 5.74) is -2.07. The van der Waals surface area contributed by atoms with Crippen molar-refractivity contribution < 1.29 is 46.5 Å². The Morgan fingerprint density at radius 1 is 0.933 bits per heavy atom. The number of carboxylic acids is 1. The van der Waals surface area contributed by atoms with Gasteiger partial charge < -0.3 is 19.3 Å². The summed E-state index contributed by atoms with van der Waals surface area (Å²) >= 11 is 0. The zero-order valence-electron chi connectivity index (χ0n) is 25.8. The van der Waals surface area contributed by atoms with Crippen molar-refractivity contribution in [1.82, 2.24) is 0 Å². The summed E-state index contributed by atoms with van der Waals surface area (Å²) < 4.78 is 72.9. The number of hydrogen-bond donors (Lipinski definition) is 1. The number of benzene rings is 2. The maximum absolute atomic E-state index is 16.0. The Kier molecular flexibility index (Phi) is 13.6. The van der Waals surface area contributed by atoms with Gasteiger partial charge >= 0.3 is 18.1 Å². The molecule has 0 saturated heterocycles. The molecular weight excluding hydrogens is 592 g/mol. The van der Waals surface area contributed by atoms with Crippen molar-refractivity contribution in [3.05, 3.63) is 83.4 Å². The zero-order valence-corrected chi connectivity index (χ0v) is 25.8. The number of rotatable bonds is 18. The van der Waals surface area contributed by atoms with Crippen LogP contribution in [0.2, 0.25) is 0 Å². The van der Waals surface area contributed by atoms with Gasteiger partial charge in [0.15, 0.2) is 6.10 Å². The van der Waals surface area contributed by atoms with E-state index in [0.29, 0.717) is 29.9 Å². The fraction of sp³-hybridized carbons (Fsp3) is 0.486. The summed E-state index contributed by atoms with van der Waals surface area (Å²) in [4.78, 5) is 25.8. The van der Waals surface area contributed by atoms with Gasteiger partial charge in [-0.25, -0.2) is 9.18 Å². The number of hydrogen-bond acceptors (Lipinski definition) is 5. The second-order valence-corrected chi connectivity index (χ2v) is 11.1. The highest BCUT2D eigenvalue weighted by Crippen LogP contribution is 2.41. The van der Waals surface area contributed by atoms with E-state index in [1.807, 2.05) is 6.92 Å². The van der Waals surface area contributed by atoms with Crippen LogP contribution >= 0.6 is 0 Å². The van der Waals surface area contributed by atoms with Crippen LogP contribution in [-0.4, -0.2) is 55.8 Å². The third-order valence-corrected chi connectivity index (χ3v) is 7.87. The number of methoxy groups -OCH3 is 1. The van der Waals surface area contributed by atoms with Crippen molar-refractivity contribution in [2.75, 3.05) is 20.3 Å². The van der Waals surface area contributed by atoms with E-state index in [9.17, 15) is 27.9 Å². The second kappa shape index (κ2) is 17.1. The minimum Gasteiger partial charge on any atom is -0.494 e. The first-order valence-electron chi connectivity index (χ1n) is 15.4. The predicted molar refractivity (Wildman–Crippen MR) is 164 cm³/mol. The van der Waals surface area contributed by atoms with Crippen molar-refractivity contribution in [3.63, 3.8) is 0 Å². The molecule has 3 atom stereocenters. The van der Waals surface area contributed by atoms with Crippen LogP contribution in [0, 0.1) is 0 Å². The van der Waals surface area contributed by atoms with Crippen LogP contribution in [0.4, 0.5) is 17.6 Å². The molecule has 0 fully saturated rings. The molecule has 3 rings (SSSR count). The fourth-order valence-corrected chi connectivity index (χ4v) is 5.29. The van der Waals surface area contributed by atoms with Gasteiger partial charge in [0.05, 0.1) is 12.2 Å². The minimum absolute atomic E-state index is 0.206. The van der Waals surface area contributed by atoms with E-state index in [4.69, 9.17) is 14.2 Å². The first-order valence-corrected chi connectivity index (χ1v) is 15.4. The molecule has 1 aliphatic rings. The molecular formula is C35H42F4O6. The van der Waals surface area contributed by atoms with Crippen LogP contribution in [0.3, 0.4) is 0 Å². The van der Waals surface area contributed by atoms with E-state index >= 15 is 4.39 Å². The summed E-state index contributed by atoms with van der Waals surface area (Å²) in [6, 6.07) is 12.1. The minimum atomic E-state index is -4.81. The average molecular weight is 635 g/mol. The highest BCUT2D eigenvalue weighted by molar-refractivity contribution is 5.97. The lowest BCUT2D eigenvalue weighted by Gasteiger charge is -2.33. The van der Waals surface area contributed by atoms with Crippen LogP contribution in [0.25, 0.3) is 5.57 Å². The number of aliphatic carboxylic acids is 1. The van der Waals surface area contributed by atoms with Crippen molar-refractivity contribution in [2.24, 2.45) is 0 Å². The molecule has 0 spiro atoms. The molecule has 0 amide bonds. The molecule has 0 bridgehead atoms. The lowest BCUT2D eigenvalue weighted by molar-refractivity contribution is -0.206. The Labute approximate surface area is 262 Å². The molecule has 10 heteroatoms. The number of alkyl halides is 4. The Morgan fingerprint density at radius 2 is 1.60 bits per heavy atom. The molecule has 2 aromatic carbocycles. The number of carbonyl (C=O) groups is 2. The Hall–Kier alpha value is -3.66. The molecule has 246 valence electrons. The van der Waals surface area contributed by atoms with E-state index in [2.05, 4.69) is 0 Å². The first-order chi connectivity index (χ1) is 21.5. The van der Waals surface area contributed by atoms with Gasteiger partial charge in [-0.15, -0.1) is 0 Å². The largest absolute Gasteiger partial charge is 0.494 e. The molecule has 6 nitrogen and oxygen atoms in total. The molecule has 0 aromatic heterocycles. The molecule has 1 aliphatic carbocycles. The van der Waals surface area contributed by atoms with E-state index in [1.165, 1.54) is 24.3 Å². The van der Waals surface area contributed by atoms with Gasteiger partial charge in [0.2, 0.25) is 0 Å². The molecule has 0 saturated carbocycles. The van der Waals surface area contributed by atoms with Gasteiger partial charge in [-0.3, -0.25) is 4.79 Å². The summed E-state index contributed by atoms with van der Waals surface area (Å²) in [6.07, 6.45) is 0.271. The first kappa shape index (κ1) is 35.8. The number of carboxylic acid groups (broad SMARTS) is 1. The molecule has 1 N–H and O–H groups in total. The van der Waals surface area contributed by atoms with Gasteiger partial charge in [0, 0.05) is 13.7 Å². The standard InChI is InChI=1S/C35H42F4O6/c1-3-4-5-8-15-31(35(37,38)39)45-32(40)28-13-9-10-14-29(28)34(33(41)42)21-20-26(24-30(34)36)25-16-18-27(19-17-25)44-23-12-7-6-11-22-43-2/h9-10,13-14,16-21,24,30-31H,3-8,11-12,15,22-23H2,1-2H3,(H,41,42). The fourth-order valence-electron chi connectivity index (χ4n) is 5.29. The SMILES string of the molecule is CCCCCCC(OC(=O)c1ccccc1C1(C(=O)O)C=CC(c2ccc(OCCCCCCOC)cc2)=CC1F)C(F)(F)F. The van der Waals surface area contributed by atoms with Crippen LogP contribution in [0.1, 0.15) is 86.2 Å². The summed E-state index contributed by atoms with van der Waals surface area (Å²) in [6.45, 7) is 3.21. The predicted octanol–water partition coefficient (Wildman–Crippen LogP) is 8.64. The maximum atomic E-state index is 16.0. The van der Waals surface area contributed by atoms with Gasteiger partial charge in [-0.2, -0.15) is 13.2 Å². The number of halogens is 4. The number of esters is 1. The second-order valence-electron chi connectivity index (χ2n) is 11.1. The van der Waals surface area contributed by atoms with Crippen LogP contribution in [0.15, 0.2) is 66.8 Å². The monoisotopic (exact) mass is 634 g/mol. The van der Waals surface area contributed by atoms with Crippen molar-refractivity contribution in [3.8, 4) is 5.75 Å². The molecule has 2 aromatic rings. The smallest absolute Gasteiger partial charge is 0.425 e. The van der Waals surface area contributed by atoms with Gasteiger partial charge in [0.1, 0.15) is 17.3 Å². The number of carbonyl (C=O) groups excluding carboxylic acids is 1. The van der Waals surface area contributed by atoms with Crippen molar-refractivity contribution in [1.29, 1.82) is 0 Å². The van der Waals surface area contributed by atoms with Crippen molar-refractivity contribution >= 4 is 17.5 Å². The van der Waals surface area contributed by atoms with Gasteiger partial charge in [-0.05, 0) is 73.1 Å². The Morgan fingerprint density at radius 3 is 2.22 bits per heavy atom. The normalized spacial score (nSPS) is 18.7. The van der Waals surface area contributed by atoms with Crippen LogP contribution < -0.4 is 4.74 Å². The summed E-state index contributed by atoms with van der Waals surface area (Å²) in [5.74, 6) is -2.31. The number of ether oxygens (including phenoxy) is 3. The molecule has 45 heavy (non-hydrogen) atoms. The average Bonchev–Trinajstić information content (AvgIpc) is 3.01. The number of unbranched alkanes of at least 4 members (excludes halogenated alkanes) is 6. The van der Waals surface area contributed by atoms with E-state index < -0.39 is 47.8 Å². The molecule has 0 radical (unpaired) electrons. The molecule has 3 unspecified atom stereocenters. The van der Waals surface area contributed by atoms with Crippen molar-refractivity contribution in [2.45, 2.75) is 88.6 Å². The lowest BCUT2D eigenvalue weighted by Crippen LogP contribution is -2.45. The van der Waals surface area contributed by atoms with Crippen LogP contribution in [0.5, 0.6) is 5.75 Å². The van der Waals surface area contributed by atoms with E-state index in [-0.39, 0.29) is 12.0 Å². The van der Waals surface area contributed by atoms with E-state index in [0.717, 1.165) is 63.4 Å². The lowest BCUT2D eigenvalue weighted by atomic mass is 9.71. The Balaban J connectivity index is 1.77. The maximum Gasteiger partial charge on any atom is 0.425 e. The highest BCUT2D eigenvalue weighted by Gasteiger charge is 2.50. The number of allylic oxidation sites excluding steroid dienone is 3. The third-order valence-electron chi connectivity index (χ3n) is 7.87. The molecule has 0 aliphatic heterocycles. The zero-order chi connectivity index (χ0) is 32.9. The van der Waals surface area contributed by atoms with E-state index in [1.54, 1.807) is 31.4 Å². The van der Waals surface area contributed by atoms with Crippen LogP contribution in [-0.2, 0) is 19.7 Å². The highest BCUT2D eigenvalue weighted by atomic mass is 19.4. The summed E-state index contributed by atoms with van der Waals surface area (Å²) in [7, 11) is 1.68.